The number of H-pyrrole nitrogens is 2. The van der Waals surface area contributed by atoms with Crippen molar-refractivity contribution in [2.45, 2.75) is 93.1 Å². The van der Waals surface area contributed by atoms with Crippen molar-refractivity contribution in [2.24, 2.45) is 0 Å². The molecular formula is C69H75N6O19P. The van der Waals surface area contributed by atoms with Gasteiger partial charge in [0, 0.05) is 43.6 Å². The van der Waals surface area contributed by atoms with Crippen LogP contribution in [0.3, 0.4) is 0 Å². The highest BCUT2D eigenvalue weighted by Crippen LogP contribution is 2.52. The summed E-state index contributed by atoms with van der Waals surface area (Å²) in [6.07, 6.45) is -4.27. The molecule has 0 radical (unpaired) electrons. The average molecular weight is 1320 g/mol. The first-order valence-electron chi connectivity index (χ1n) is 30.7. The Balaban J connectivity index is 1.06. The third kappa shape index (κ3) is 15.5. The van der Waals surface area contributed by atoms with E-state index in [0.717, 1.165) is 16.8 Å². The predicted molar refractivity (Wildman–Crippen MR) is 346 cm³/mol. The number of nitrogens with one attached hydrogen (secondary N) is 4. The predicted octanol–water partition coefficient (Wildman–Crippen LogP) is 6.66. The van der Waals surface area contributed by atoms with Gasteiger partial charge in [-0.05, 0) is 102 Å². The molecule has 2 aliphatic rings. The van der Waals surface area contributed by atoms with Crippen molar-refractivity contribution in [2.75, 3.05) is 54.8 Å². The fourth-order valence-electron chi connectivity index (χ4n) is 11.9. The monoisotopic (exact) mass is 1320 g/mol. The lowest BCUT2D eigenvalue weighted by Crippen LogP contribution is -2.53. The lowest BCUT2D eigenvalue weighted by Gasteiger charge is -2.39. The molecule has 2 aliphatic heterocycles. The summed E-state index contributed by atoms with van der Waals surface area (Å²) in [4.78, 5) is 98.0. The van der Waals surface area contributed by atoms with Crippen LogP contribution < -0.4 is 52.1 Å². The van der Waals surface area contributed by atoms with Crippen LogP contribution in [0.25, 0.3) is 0 Å². The number of phosphoric acid groups is 1. The number of amides is 2. The number of aromatic amines is 2. The van der Waals surface area contributed by atoms with Gasteiger partial charge in [0.1, 0.15) is 64.8 Å². The Morgan fingerprint density at radius 2 is 1.09 bits per heavy atom. The molecule has 26 heteroatoms. The number of unbranched alkanes of at least 4 members (excludes halogenated alkanes) is 3. The smallest absolute Gasteiger partial charge is 0.472 e. The molecule has 6 N–H and O–H groups in total. The summed E-state index contributed by atoms with van der Waals surface area (Å²) in [5.41, 5.74) is -2.62. The normalized spacial score (nSPS) is 19.3. The van der Waals surface area contributed by atoms with Crippen LogP contribution in [-0.4, -0.2) is 126 Å². The van der Waals surface area contributed by atoms with E-state index >= 15 is 4.57 Å². The molecule has 0 aliphatic carbocycles. The zero-order chi connectivity index (χ0) is 67.3. The van der Waals surface area contributed by atoms with Crippen molar-refractivity contribution in [3.63, 3.8) is 0 Å². The minimum absolute atomic E-state index is 0.00855. The Morgan fingerprint density at radius 3 is 1.61 bits per heavy atom. The van der Waals surface area contributed by atoms with E-state index in [1.165, 1.54) is 46.1 Å². The van der Waals surface area contributed by atoms with Crippen LogP contribution in [0.5, 0.6) is 23.0 Å². The molecule has 0 bridgehead atoms. The van der Waals surface area contributed by atoms with Gasteiger partial charge in [-0.2, -0.15) is 0 Å². The number of methoxy groups -OCH3 is 4. The van der Waals surface area contributed by atoms with Gasteiger partial charge in [0.25, 0.3) is 11.1 Å². The molecule has 500 valence electrons. The Bertz CT molecular complexity index is 4080. The SMILES string of the molecule is COc1ccc(C(OC[C@H]2O[C@@H](n3ccc(=O)[nH]c3=O)[C@H](NC(=O)C(=O)NCCCCCCO)[C@@H]2OP(=O)(O)OC[C@H]2O[C@@H](n3cc(C)c(=O)[nH]c3=O)C[C@@H]2OC(c2ccccc2)(c2ccc(OC)cc2)c2ccc(OC)cc2)(c2ccccc2)c2ccc(OC)cc2)cc1. The highest BCUT2D eigenvalue weighted by Gasteiger charge is 2.54. The van der Waals surface area contributed by atoms with E-state index in [9.17, 15) is 38.8 Å². The number of rotatable bonds is 29. The number of hydrogen-bond donors (Lipinski definition) is 6. The van der Waals surface area contributed by atoms with Gasteiger partial charge in [-0.15, -0.1) is 0 Å². The quantitative estimate of drug-likeness (QED) is 0.0124. The zero-order valence-electron chi connectivity index (χ0n) is 52.8. The highest BCUT2D eigenvalue weighted by atomic mass is 31.2. The second-order valence-corrected chi connectivity index (χ2v) is 24.0. The van der Waals surface area contributed by atoms with Crippen LogP contribution in [0.2, 0.25) is 0 Å². The molecule has 8 atom stereocenters. The van der Waals surface area contributed by atoms with E-state index in [0.29, 0.717) is 82.1 Å². The van der Waals surface area contributed by atoms with Crippen LogP contribution in [0, 0.1) is 6.92 Å². The van der Waals surface area contributed by atoms with Gasteiger partial charge in [-0.3, -0.25) is 47.3 Å². The summed E-state index contributed by atoms with van der Waals surface area (Å²) >= 11 is 0. The van der Waals surface area contributed by atoms with Gasteiger partial charge in [0.2, 0.25) is 0 Å². The van der Waals surface area contributed by atoms with E-state index in [4.69, 9.17) is 46.9 Å². The summed E-state index contributed by atoms with van der Waals surface area (Å²) in [6.45, 7) is 0.190. The van der Waals surface area contributed by atoms with Crippen molar-refractivity contribution in [1.29, 1.82) is 0 Å². The van der Waals surface area contributed by atoms with E-state index in [1.54, 1.807) is 72.8 Å². The third-order valence-corrected chi connectivity index (χ3v) is 17.8. The average Bonchev–Trinajstić information content (AvgIpc) is 1.63. The molecule has 2 amide bonds. The first-order valence-corrected chi connectivity index (χ1v) is 32.2. The molecule has 0 saturated carbocycles. The number of phosphoric ester groups is 1. The second-order valence-electron chi connectivity index (χ2n) is 22.6. The van der Waals surface area contributed by atoms with E-state index < -0.39 is 109 Å². The summed E-state index contributed by atoms with van der Waals surface area (Å²) in [6, 6.07) is 46.2. The molecule has 95 heavy (non-hydrogen) atoms. The molecule has 25 nitrogen and oxygen atoms in total. The van der Waals surface area contributed by atoms with Gasteiger partial charge in [0.05, 0.1) is 47.8 Å². The fraction of sp³-hybridized carbons (Fsp3) is 0.333. The van der Waals surface area contributed by atoms with Gasteiger partial charge in [-0.25, -0.2) is 14.2 Å². The number of ether oxygens (including phenoxy) is 8. The number of carbonyl (C=O) groups is 2. The number of benzene rings is 6. The molecule has 2 fully saturated rings. The first kappa shape index (κ1) is 68.6. The van der Waals surface area contributed by atoms with Gasteiger partial charge >= 0.3 is 31.0 Å². The molecule has 10 rings (SSSR count). The number of aryl methyl sites for hydroxylation is 1. The highest BCUT2D eigenvalue weighted by molar-refractivity contribution is 7.47. The van der Waals surface area contributed by atoms with Crippen LogP contribution in [-0.2, 0) is 53.4 Å². The molecule has 4 heterocycles. The van der Waals surface area contributed by atoms with Crippen molar-refractivity contribution < 1.29 is 71.1 Å². The first-order chi connectivity index (χ1) is 45.9. The second kappa shape index (κ2) is 30.9. The minimum atomic E-state index is -5.61. The number of aliphatic hydroxyl groups is 1. The standard InChI is InChI=1S/C69H75N6O19P/c1-44-41-75(67(82)73-62(44)78)59-40-55(93-69(46-18-12-9-13-19-46,49-24-32-53(87-4)33-25-49)50-26-34-54(88-5)35-27-50)56(91-59)43-90-95(83,84)94-61-57(92-65(74-38-36-58(77)71-66(74)81)60(61)72-64(80)63(79)70-37-14-6-7-15-39-76)42-89-68(45-16-10-8-11-17-45,47-20-28-51(85-2)29-21-47)48-22-30-52(86-3)31-23-48/h8-13,16-36,38,41,55-57,59-61,65,76H,6-7,14-15,37,39-40,42-43H2,1-5H3,(H,70,79)(H,72,80)(H,83,84)(H,71,77,81)(H,73,78,82)/t55-,56+,57+,59+,60+,61+,65+/m0/s1. The maximum Gasteiger partial charge on any atom is 0.472 e. The van der Waals surface area contributed by atoms with Gasteiger partial charge in [-0.1, -0.05) is 122 Å². The van der Waals surface area contributed by atoms with Crippen molar-refractivity contribution >= 4 is 19.6 Å². The maximum absolute atomic E-state index is 15.3. The van der Waals surface area contributed by atoms with Gasteiger partial charge in [0.15, 0.2) is 6.23 Å². The third-order valence-electron chi connectivity index (χ3n) is 16.8. The number of nitrogens with zero attached hydrogens (tertiary/aromatic N) is 2. The lowest BCUT2D eigenvalue weighted by atomic mass is 9.79. The molecule has 8 aromatic rings. The Kier molecular flexibility index (Phi) is 22.3. The van der Waals surface area contributed by atoms with Gasteiger partial charge < -0.3 is 58.5 Å². The number of aromatic nitrogens is 4. The molecule has 1 unspecified atom stereocenters. The molecule has 2 saturated heterocycles. The maximum atomic E-state index is 15.3. The van der Waals surface area contributed by atoms with Crippen molar-refractivity contribution in [1.82, 2.24) is 29.7 Å². The summed E-state index contributed by atoms with van der Waals surface area (Å²) in [7, 11) is 0.518. The Labute approximate surface area is 546 Å². The Hall–Kier alpha value is -9.27. The number of hydrogen-bond acceptors (Lipinski definition) is 18. The van der Waals surface area contributed by atoms with E-state index in [2.05, 4.69) is 20.6 Å². The minimum Gasteiger partial charge on any atom is -0.497 e. The van der Waals surface area contributed by atoms with E-state index in [-0.39, 0.29) is 25.1 Å². The van der Waals surface area contributed by atoms with Crippen molar-refractivity contribution in [3.05, 3.63) is 257 Å². The molecule has 2 aromatic heterocycles. The fourth-order valence-corrected chi connectivity index (χ4v) is 12.9. The lowest BCUT2D eigenvalue weighted by molar-refractivity contribution is -0.140. The van der Waals surface area contributed by atoms with Crippen LogP contribution in [0.1, 0.15) is 83.5 Å². The summed E-state index contributed by atoms with van der Waals surface area (Å²) in [5.74, 6) is -0.238. The number of aliphatic hydroxyl groups excluding tert-OH is 1. The molecule has 6 aromatic carbocycles. The summed E-state index contributed by atoms with van der Waals surface area (Å²) < 4.78 is 80.2. The van der Waals surface area contributed by atoms with Crippen LogP contribution in [0.15, 0.2) is 195 Å². The molecular weight excluding hydrogens is 1250 g/mol. The number of carbonyl (C=O) groups excluding carboxylic acids is 2. The zero-order valence-corrected chi connectivity index (χ0v) is 53.7. The Morgan fingerprint density at radius 1 is 0.600 bits per heavy atom. The molecule has 0 spiro atoms. The summed E-state index contributed by atoms with van der Waals surface area (Å²) in [5, 5.41) is 14.5. The van der Waals surface area contributed by atoms with Crippen LogP contribution >= 0.6 is 7.82 Å². The topological polar surface area (TPSA) is 318 Å². The van der Waals surface area contributed by atoms with Crippen LogP contribution in [0.4, 0.5) is 0 Å². The largest absolute Gasteiger partial charge is 0.497 e. The van der Waals surface area contributed by atoms with E-state index in [1.807, 2.05) is 84.9 Å². The van der Waals surface area contributed by atoms with Crippen molar-refractivity contribution in [3.8, 4) is 23.0 Å².